The highest BCUT2D eigenvalue weighted by Crippen LogP contribution is 2.60. The zero-order valence-corrected chi connectivity index (χ0v) is 24.7. The van der Waals surface area contributed by atoms with E-state index in [1.807, 2.05) is 0 Å². The van der Waals surface area contributed by atoms with Gasteiger partial charge in [0.2, 0.25) is 11.8 Å². The van der Waals surface area contributed by atoms with Crippen LogP contribution < -0.4 is 10.5 Å². The van der Waals surface area contributed by atoms with Crippen LogP contribution in [0.3, 0.4) is 0 Å². The van der Waals surface area contributed by atoms with Crippen LogP contribution in [0.1, 0.15) is 38.8 Å². The molecule has 18 heteroatoms. The molecular weight excluding hydrogens is 577 g/mol. The van der Waals surface area contributed by atoms with Gasteiger partial charge >= 0.3 is 19.6 Å². The molecule has 2 aromatic heterocycles. The largest absolute Gasteiger partial charge is 0.479 e. The number of rotatable bonds is 9. The molecule has 42 heavy (non-hydrogen) atoms. The molecule has 5 rings (SSSR count). The fourth-order valence-corrected chi connectivity index (χ4v) is 8.77. The number of nitrogens with zero attached hydrogens (tertiary/aromatic N) is 6. The lowest BCUT2D eigenvalue weighted by molar-refractivity contribution is -0.145. The average molecular weight is 614 g/mol. The van der Waals surface area contributed by atoms with E-state index >= 15 is 0 Å². The molecule has 0 amide bonds. The third kappa shape index (κ3) is 5.02. The summed E-state index contributed by atoms with van der Waals surface area (Å²) in [5.41, 5.74) is 4.40. The van der Waals surface area contributed by atoms with Crippen molar-refractivity contribution >= 4 is 36.7 Å². The normalized spacial score (nSPS) is 31.8. The molecule has 0 aromatic carbocycles. The van der Waals surface area contributed by atoms with E-state index < -0.39 is 62.3 Å². The number of hydrogen-bond acceptors (Lipinski definition) is 14. The smallest absolute Gasteiger partial charge is 0.347 e. The second kappa shape index (κ2) is 11.6. The summed E-state index contributed by atoms with van der Waals surface area (Å²) in [6.07, 6.45) is -0.700. The van der Waals surface area contributed by atoms with Crippen LogP contribution in [0.4, 0.5) is 5.95 Å². The summed E-state index contributed by atoms with van der Waals surface area (Å²) < 4.78 is 46.4. The highest BCUT2D eigenvalue weighted by Gasteiger charge is 2.57. The van der Waals surface area contributed by atoms with E-state index in [2.05, 4.69) is 15.0 Å². The minimum Gasteiger partial charge on any atom is -0.479 e. The Bertz CT molecular complexity index is 1350. The van der Waals surface area contributed by atoms with Crippen LogP contribution >= 0.6 is 7.67 Å². The first-order valence-corrected chi connectivity index (χ1v) is 15.0. The van der Waals surface area contributed by atoms with Gasteiger partial charge in [-0.2, -0.15) is 9.97 Å². The topological polar surface area (TPSA) is 214 Å². The highest BCUT2D eigenvalue weighted by molar-refractivity contribution is 7.54. The number of anilines is 1. The van der Waals surface area contributed by atoms with Crippen molar-refractivity contribution in [2.24, 2.45) is 0 Å². The number of imidazole rings is 1. The van der Waals surface area contributed by atoms with Crippen molar-refractivity contribution in [1.82, 2.24) is 28.9 Å². The maximum atomic E-state index is 14.9. The number of hydrogen-bond donors (Lipinski definition) is 3. The van der Waals surface area contributed by atoms with Gasteiger partial charge in [-0.15, -0.1) is 0 Å². The molecule has 17 nitrogen and oxygen atoms in total. The highest BCUT2D eigenvalue weighted by atomic mass is 31.2. The van der Waals surface area contributed by atoms with Gasteiger partial charge in [-0.1, -0.05) is 0 Å². The lowest BCUT2D eigenvalue weighted by atomic mass is 9.96. The number of fused-ring (bicyclic) bond motifs is 1. The number of carbonyl (C=O) groups excluding carboxylic acids is 2. The molecule has 6 atom stereocenters. The van der Waals surface area contributed by atoms with Gasteiger partial charge in [-0.3, -0.25) is 18.7 Å². The number of methoxy groups -OCH3 is 3. The van der Waals surface area contributed by atoms with E-state index in [-0.39, 0.29) is 36.1 Å². The molecule has 2 aromatic rings. The van der Waals surface area contributed by atoms with Crippen LogP contribution in [0.5, 0.6) is 5.88 Å². The molecule has 4 N–H and O–H groups in total. The number of nitrogens with two attached hydrogens (primary N) is 1. The third-order valence-electron chi connectivity index (χ3n) is 8.06. The SMILES string of the molecule is COC(=O)C1CCCN1P(=O)(OC[C@H]1OC(n2cnc3c(OC)nc(N)nc32)C(C)(O)C1O)N1CCCC1C(=O)OC. The Hall–Kier alpha value is -2.92. The van der Waals surface area contributed by atoms with Gasteiger partial charge in [0.1, 0.15) is 29.9 Å². The first-order chi connectivity index (χ1) is 20.0. The summed E-state index contributed by atoms with van der Waals surface area (Å²) in [4.78, 5) is 37.7. The molecule has 0 aliphatic carbocycles. The molecule has 3 saturated heterocycles. The van der Waals surface area contributed by atoms with Crippen molar-refractivity contribution in [3.8, 4) is 5.88 Å². The fourth-order valence-electron chi connectivity index (χ4n) is 5.92. The van der Waals surface area contributed by atoms with Gasteiger partial charge in [0, 0.05) is 13.1 Å². The summed E-state index contributed by atoms with van der Waals surface area (Å²) >= 11 is 0. The van der Waals surface area contributed by atoms with E-state index in [1.165, 1.54) is 48.5 Å². The van der Waals surface area contributed by atoms with Gasteiger partial charge < -0.3 is 39.4 Å². The molecule has 232 valence electrons. The van der Waals surface area contributed by atoms with E-state index in [4.69, 9.17) is 29.2 Å². The Morgan fingerprint density at radius 2 is 1.71 bits per heavy atom. The fraction of sp³-hybridized carbons (Fsp3) is 0.708. The molecule has 0 bridgehead atoms. The molecule has 3 fully saturated rings. The minimum absolute atomic E-state index is 0.100. The van der Waals surface area contributed by atoms with Crippen molar-refractivity contribution in [3.05, 3.63) is 6.33 Å². The van der Waals surface area contributed by atoms with Crippen LogP contribution in [-0.2, 0) is 32.9 Å². The Labute approximate surface area is 241 Å². The number of aliphatic hydroxyl groups excluding tert-OH is 1. The maximum absolute atomic E-state index is 14.9. The van der Waals surface area contributed by atoms with Gasteiger partial charge in [-0.25, -0.2) is 14.3 Å². The van der Waals surface area contributed by atoms with Crippen LogP contribution in [0.25, 0.3) is 11.2 Å². The zero-order valence-electron chi connectivity index (χ0n) is 23.8. The summed E-state index contributed by atoms with van der Waals surface area (Å²) in [5.74, 6) is -1.13. The Kier molecular flexibility index (Phi) is 8.46. The Morgan fingerprint density at radius 3 is 2.26 bits per heavy atom. The lowest BCUT2D eigenvalue weighted by Gasteiger charge is -2.38. The Morgan fingerprint density at radius 1 is 1.12 bits per heavy atom. The van der Waals surface area contributed by atoms with Crippen molar-refractivity contribution in [2.75, 3.05) is 46.8 Å². The maximum Gasteiger partial charge on any atom is 0.347 e. The van der Waals surface area contributed by atoms with E-state index in [0.717, 1.165) is 0 Å². The zero-order chi connectivity index (χ0) is 30.4. The molecule has 5 unspecified atom stereocenters. The predicted octanol–water partition coefficient (Wildman–Crippen LogP) is -0.174. The minimum atomic E-state index is -4.10. The van der Waals surface area contributed by atoms with E-state index in [9.17, 15) is 24.4 Å². The molecule has 5 heterocycles. The number of nitrogen functional groups attached to an aromatic ring is 1. The quantitative estimate of drug-likeness (QED) is 0.247. The summed E-state index contributed by atoms with van der Waals surface area (Å²) in [5, 5.41) is 22.5. The van der Waals surface area contributed by atoms with E-state index in [1.54, 1.807) is 0 Å². The molecule has 0 spiro atoms. The number of aromatic nitrogens is 4. The van der Waals surface area contributed by atoms with Crippen molar-refractivity contribution < 1.29 is 47.8 Å². The third-order valence-corrected chi connectivity index (χ3v) is 10.8. The van der Waals surface area contributed by atoms with Crippen molar-refractivity contribution in [3.63, 3.8) is 0 Å². The van der Waals surface area contributed by atoms with Crippen LogP contribution in [-0.4, -0.2) is 122 Å². The summed E-state index contributed by atoms with van der Waals surface area (Å²) in [7, 11) is -0.208. The van der Waals surface area contributed by atoms with Gasteiger partial charge in [0.05, 0.1) is 34.3 Å². The Balaban J connectivity index is 1.45. The second-order valence-corrected chi connectivity index (χ2v) is 12.9. The van der Waals surface area contributed by atoms with Gasteiger partial charge in [0.15, 0.2) is 17.4 Å². The van der Waals surface area contributed by atoms with Crippen molar-refractivity contribution in [1.29, 1.82) is 0 Å². The van der Waals surface area contributed by atoms with Gasteiger partial charge in [0.25, 0.3) is 0 Å². The van der Waals surface area contributed by atoms with E-state index in [0.29, 0.717) is 25.7 Å². The van der Waals surface area contributed by atoms with Crippen molar-refractivity contribution in [2.45, 2.75) is 68.7 Å². The molecule has 3 aliphatic heterocycles. The summed E-state index contributed by atoms with van der Waals surface area (Å²) in [6, 6.07) is -1.72. The molecule has 0 radical (unpaired) electrons. The predicted molar refractivity (Wildman–Crippen MR) is 144 cm³/mol. The van der Waals surface area contributed by atoms with Crippen LogP contribution in [0.2, 0.25) is 0 Å². The number of esters is 2. The average Bonchev–Trinajstić information content (AvgIpc) is 3.78. The monoisotopic (exact) mass is 613 g/mol. The molecule has 3 aliphatic rings. The van der Waals surface area contributed by atoms with Crippen LogP contribution in [0.15, 0.2) is 6.33 Å². The number of ether oxygens (including phenoxy) is 4. The standard InChI is InChI=1S/C24H36N7O10P/c1-24(35)17(32)15(41-22(24)29-12-26-16-18(29)27-23(25)28-19(16)37-2)11-40-42(36,30-9-5-7-13(30)20(33)38-3)31-10-6-8-14(31)21(34)39-4/h12-15,17,22,32,35H,5-11H2,1-4H3,(H2,25,27,28)/t13?,14?,15-,17?,22?,24?,42?/m1/s1. The number of carbonyl (C=O) groups is 2. The lowest BCUT2D eigenvalue weighted by Crippen LogP contribution is -2.46. The van der Waals surface area contributed by atoms with Crippen LogP contribution in [0, 0.1) is 0 Å². The van der Waals surface area contributed by atoms with Gasteiger partial charge in [-0.05, 0) is 32.6 Å². The second-order valence-electron chi connectivity index (χ2n) is 10.6. The first-order valence-electron chi connectivity index (χ1n) is 13.5. The molecule has 0 saturated carbocycles. The first kappa shape index (κ1) is 30.5. The molecular formula is C24H36N7O10P. The number of aliphatic hydroxyl groups is 2. The summed E-state index contributed by atoms with van der Waals surface area (Å²) in [6.45, 7) is 1.42.